The Morgan fingerprint density at radius 1 is 1.09 bits per heavy atom. The minimum absolute atomic E-state index is 0.145. The van der Waals surface area contributed by atoms with E-state index in [1.165, 1.54) is 0 Å². The molecule has 1 fully saturated rings. The molecule has 3 aromatic carbocycles. The molecule has 0 bridgehead atoms. The van der Waals surface area contributed by atoms with E-state index >= 15 is 0 Å². The first-order valence-corrected chi connectivity index (χ1v) is 12.8. The molecule has 0 spiro atoms. The van der Waals surface area contributed by atoms with Crippen molar-refractivity contribution in [3.05, 3.63) is 77.9 Å². The summed E-state index contributed by atoms with van der Waals surface area (Å²) in [4.78, 5) is 14.6. The highest BCUT2D eigenvalue weighted by Gasteiger charge is 2.25. The lowest BCUT2D eigenvalue weighted by atomic mass is 9.99. The number of carbonyl (C=O) groups excluding carboxylic acids is 1. The SMILES string of the molecule is N#Cc1ccc(COCC2CCCN(C(=O)CNS(=O)(=O)c3ccc4ccccc4c3)C2)cc1. The van der Waals surface area contributed by atoms with Crippen LogP contribution in [0.2, 0.25) is 0 Å². The minimum atomic E-state index is -3.79. The third-order valence-corrected chi connectivity index (χ3v) is 7.42. The quantitative estimate of drug-likeness (QED) is 0.536. The summed E-state index contributed by atoms with van der Waals surface area (Å²) in [5, 5.41) is 10.7. The smallest absolute Gasteiger partial charge is 0.241 e. The van der Waals surface area contributed by atoms with Crippen molar-refractivity contribution in [3.8, 4) is 6.07 Å². The maximum atomic E-state index is 12.7. The zero-order valence-electron chi connectivity index (χ0n) is 18.8. The van der Waals surface area contributed by atoms with Gasteiger partial charge in [0, 0.05) is 13.1 Å². The van der Waals surface area contributed by atoms with Crippen molar-refractivity contribution < 1.29 is 17.9 Å². The number of piperidine rings is 1. The summed E-state index contributed by atoms with van der Waals surface area (Å²) in [6.07, 6.45) is 1.81. The van der Waals surface area contributed by atoms with Crippen LogP contribution >= 0.6 is 0 Å². The lowest BCUT2D eigenvalue weighted by Gasteiger charge is -2.32. The van der Waals surface area contributed by atoms with Crippen molar-refractivity contribution in [1.29, 1.82) is 5.26 Å². The second kappa shape index (κ2) is 10.8. The molecule has 1 amide bonds. The van der Waals surface area contributed by atoms with Crippen LogP contribution in [0.5, 0.6) is 0 Å². The topological polar surface area (TPSA) is 99.5 Å². The van der Waals surface area contributed by atoms with Crippen LogP contribution in [0.4, 0.5) is 0 Å². The fourth-order valence-corrected chi connectivity index (χ4v) is 5.14. The number of ether oxygens (including phenoxy) is 1. The second-order valence-electron chi connectivity index (χ2n) is 8.51. The lowest BCUT2D eigenvalue weighted by Crippen LogP contribution is -2.45. The highest BCUT2D eigenvalue weighted by molar-refractivity contribution is 7.89. The number of fused-ring (bicyclic) bond motifs is 1. The summed E-state index contributed by atoms with van der Waals surface area (Å²) in [5.74, 6) is -0.0330. The van der Waals surface area contributed by atoms with E-state index in [4.69, 9.17) is 10.00 Å². The summed E-state index contributed by atoms with van der Waals surface area (Å²) >= 11 is 0. The Kier molecular flexibility index (Phi) is 7.58. The molecule has 7 nitrogen and oxygen atoms in total. The van der Waals surface area contributed by atoms with Gasteiger partial charge in [-0.05, 0) is 59.4 Å². The second-order valence-corrected chi connectivity index (χ2v) is 10.3. The number of hydrogen-bond acceptors (Lipinski definition) is 5. The van der Waals surface area contributed by atoms with Crippen molar-refractivity contribution in [2.24, 2.45) is 5.92 Å². The average molecular weight is 478 g/mol. The van der Waals surface area contributed by atoms with E-state index in [-0.39, 0.29) is 23.3 Å². The maximum absolute atomic E-state index is 12.7. The van der Waals surface area contributed by atoms with Crippen molar-refractivity contribution in [1.82, 2.24) is 9.62 Å². The largest absolute Gasteiger partial charge is 0.376 e. The summed E-state index contributed by atoms with van der Waals surface area (Å²) < 4.78 is 33.7. The summed E-state index contributed by atoms with van der Waals surface area (Å²) in [7, 11) is -3.79. The van der Waals surface area contributed by atoms with Gasteiger partial charge in [-0.3, -0.25) is 4.79 Å². The Bertz CT molecular complexity index is 1300. The number of nitriles is 1. The Balaban J connectivity index is 1.27. The number of carbonyl (C=O) groups is 1. The molecule has 1 saturated heterocycles. The molecule has 34 heavy (non-hydrogen) atoms. The Hall–Kier alpha value is -3.25. The first-order chi connectivity index (χ1) is 16.4. The molecule has 1 atom stereocenters. The van der Waals surface area contributed by atoms with Gasteiger partial charge in [0.1, 0.15) is 0 Å². The summed E-state index contributed by atoms with van der Waals surface area (Å²) in [5.41, 5.74) is 1.60. The van der Waals surface area contributed by atoms with Crippen LogP contribution in [-0.2, 0) is 26.2 Å². The van der Waals surface area contributed by atoms with Crippen molar-refractivity contribution in [2.45, 2.75) is 24.3 Å². The van der Waals surface area contributed by atoms with Gasteiger partial charge in [0.2, 0.25) is 15.9 Å². The number of benzene rings is 3. The predicted octanol–water partition coefficient (Wildman–Crippen LogP) is 3.45. The third kappa shape index (κ3) is 6.00. The number of hydrogen-bond donors (Lipinski definition) is 1. The Morgan fingerprint density at radius 2 is 1.85 bits per heavy atom. The minimum Gasteiger partial charge on any atom is -0.376 e. The van der Waals surface area contributed by atoms with Crippen LogP contribution < -0.4 is 4.72 Å². The normalized spacial score (nSPS) is 16.3. The number of amides is 1. The Labute approximate surface area is 200 Å². The summed E-state index contributed by atoms with van der Waals surface area (Å²) in [6.45, 7) is 1.86. The number of nitrogens with one attached hydrogen (secondary N) is 1. The monoisotopic (exact) mass is 477 g/mol. The number of likely N-dealkylation sites (tertiary alicyclic amines) is 1. The van der Waals surface area contributed by atoms with Crippen molar-refractivity contribution in [3.63, 3.8) is 0 Å². The molecule has 1 unspecified atom stereocenters. The zero-order chi connectivity index (χ0) is 24.0. The van der Waals surface area contributed by atoms with E-state index in [9.17, 15) is 13.2 Å². The number of nitrogens with zero attached hydrogens (tertiary/aromatic N) is 2. The van der Waals surface area contributed by atoms with E-state index in [2.05, 4.69) is 10.8 Å². The van der Waals surface area contributed by atoms with Crippen LogP contribution in [0.15, 0.2) is 71.6 Å². The molecule has 4 rings (SSSR count). The van der Waals surface area contributed by atoms with E-state index in [1.54, 1.807) is 35.2 Å². The van der Waals surface area contributed by atoms with Crippen LogP contribution in [0.1, 0.15) is 24.0 Å². The van der Waals surface area contributed by atoms with E-state index in [0.717, 1.165) is 29.2 Å². The molecule has 3 aromatic rings. The lowest BCUT2D eigenvalue weighted by molar-refractivity contribution is -0.132. The molecule has 176 valence electrons. The van der Waals surface area contributed by atoms with Gasteiger partial charge in [-0.25, -0.2) is 13.1 Å². The van der Waals surface area contributed by atoms with Crippen LogP contribution in [0, 0.1) is 17.2 Å². The van der Waals surface area contributed by atoms with Crippen LogP contribution in [-0.4, -0.2) is 45.5 Å². The third-order valence-electron chi connectivity index (χ3n) is 6.02. The fourth-order valence-electron chi connectivity index (χ4n) is 4.13. The molecular weight excluding hydrogens is 450 g/mol. The molecule has 1 heterocycles. The Morgan fingerprint density at radius 3 is 2.62 bits per heavy atom. The van der Waals surface area contributed by atoms with E-state index < -0.39 is 10.0 Å². The molecule has 1 N–H and O–H groups in total. The highest BCUT2D eigenvalue weighted by Crippen LogP contribution is 2.20. The molecule has 0 aliphatic carbocycles. The van der Waals surface area contributed by atoms with Crippen molar-refractivity contribution >= 4 is 26.7 Å². The molecule has 0 radical (unpaired) electrons. The first kappa shape index (κ1) is 23.9. The highest BCUT2D eigenvalue weighted by atomic mass is 32.2. The van der Waals surface area contributed by atoms with Gasteiger partial charge in [0.15, 0.2) is 0 Å². The standard InChI is InChI=1S/C26H27N3O4S/c27-15-20-7-9-21(10-8-20)18-33-19-22-4-3-13-29(17-22)26(30)16-28-34(31,32)25-12-11-23-5-1-2-6-24(23)14-25/h1-2,5-12,14,22,28H,3-4,13,16-19H2. The predicted molar refractivity (Wildman–Crippen MR) is 129 cm³/mol. The average Bonchev–Trinajstić information content (AvgIpc) is 2.87. The van der Waals surface area contributed by atoms with Crippen molar-refractivity contribution in [2.75, 3.05) is 26.2 Å². The number of sulfonamides is 1. The molecule has 1 aliphatic rings. The van der Waals surface area contributed by atoms with Gasteiger partial charge in [0.05, 0.1) is 36.3 Å². The molecule has 8 heteroatoms. The summed E-state index contributed by atoms with van der Waals surface area (Å²) in [6, 6.07) is 21.8. The van der Waals surface area contributed by atoms with Gasteiger partial charge in [0.25, 0.3) is 0 Å². The van der Waals surface area contributed by atoms with Gasteiger partial charge >= 0.3 is 0 Å². The zero-order valence-corrected chi connectivity index (χ0v) is 19.6. The maximum Gasteiger partial charge on any atom is 0.241 e. The number of rotatable bonds is 8. The van der Waals surface area contributed by atoms with Gasteiger partial charge < -0.3 is 9.64 Å². The van der Waals surface area contributed by atoms with Gasteiger partial charge in [-0.1, -0.05) is 42.5 Å². The van der Waals surface area contributed by atoms with Crippen LogP contribution in [0.25, 0.3) is 10.8 Å². The van der Waals surface area contributed by atoms with Gasteiger partial charge in [-0.2, -0.15) is 5.26 Å². The van der Waals surface area contributed by atoms with Crippen LogP contribution in [0.3, 0.4) is 0 Å². The molecule has 0 aromatic heterocycles. The van der Waals surface area contributed by atoms with E-state index in [0.29, 0.717) is 31.9 Å². The fraction of sp³-hybridized carbons (Fsp3) is 0.308. The van der Waals surface area contributed by atoms with Gasteiger partial charge in [-0.15, -0.1) is 0 Å². The molecular formula is C26H27N3O4S. The first-order valence-electron chi connectivity index (χ1n) is 11.3. The molecule has 0 saturated carbocycles. The van der Waals surface area contributed by atoms with E-state index in [1.807, 2.05) is 36.4 Å². The molecule has 1 aliphatic heterocycles.